The van der Waals surface area contributed by atoms with Crippen molar-refractivity contribution < 1.29 is 22.7 Å². The van der Waals surface area contributed by atoms with Crippen LogP contribution in [-0.2, 0) is 19.4 Å². The maximum atomic E-state index is 12.7. The average molecular weight is 447 g/mol. The van der Waals surface area contributed by atoms with Crippen molar-refractivity contribution in [2.75, 3.05) is 39.0 Å². The van der Waals surface area contributed by atoms with Crippen molar-refractivity contribution >= 4 is 15.7 Å². The van der Waals surface area contributed by atoms with E-state index in [1.807, 2.05) is 23.1 Å². The van der Waals surface area contributed by atoms with Gasteiger partial charge in [0.15, 0.2) is 15.6 Å². The standard InChI is InChI=1S/C23H30N2O5S/c1-31(27,28)21-14-24(15-21)10-11-29-20-12-18(13-20)25-9-8-22(23(25)26)30-19-6-4-17(5-7-19)16-2-3-16/h4-8,16,18,20-21H,2-3,9-15H2,1H3/t18-,20+. The molecule has 5 rings (SSSR count). The monoisotopic (exact) mass is 446 g/mol. The summed E-state index contributed by atoms with van der Waals surface area (Å²) in [4.78, 5) is 16.7. The minimum atomic E-state index is -2.92. The molecule has 0 unspecified atom stereocenters. The molecule has 2 saturated carbocycles. The summed E-state index contributed by atoms with van der Waals surface area (Å²) in [6.45, 7) is 3.16. The third-order valence-corrected chi connectivity index (χ3v) is 8.41. The van der Waals surface area contributed by atoms with Gasteiger partial charge in [-0.2, -0.15) is 0 Å². The molecule has 31 heavy (non-hydrogen) atoms. The molecule has 3 fully saturated rings. The number of hydrogen-bond acceptors (Lipinski definition) is 6. The van der Waals surface area contributed by atoms with Crippen molar-refractivity contribution in [3.8, 4) is 5.75 Å². The molecule has 0 atom stereocenters. The fourth-order valence-corrected chi connectivity index (χ4v) is 5.46. The molecule has 0 spiro atoms. The highest BCUT2D eigenvalue weighted by molar-refractivity contribution is 7.91. The van der Waals surface area contributed by atoms with Crippen LogP contribution in [0.15, 0.2) is 36.1 Å². The summed E-state index contributed by atoms with van der Waals surface area (Å²) in [5.41, 5.74) is 1.35. The average Bonchev–Trinajstić information content (AvgIpc) is 3.44. The summed E-state index contributed by atoms with van der Waals surface area (Å²) in [6, 6.07) is 8.30. The van der Waals surface area contributed by atoms with E-state index in [4.69, 9.17) is 9.47 Å². The Hall–Kier alpha value is -1.90. The number of likely N-dealkylation sites (tertiary alicyclic amines) is 1. The van der Waals surface area contributed by atoms with Crippen LogP contribution in [0, 0.1) is 0 Å². The normalized spacial score (nSPS) is 27.1. The molecule has 2 aliphatic heterocycles. The lowest BCUT2D eigenvalue weighted by Gasteiger charge is -2.42. The molecule has 7 nitrogen and oxygen atoms in total. The summed E-state index contributed by atoms with van der Waals surface area (Å²) in [5.74, 6) is 1.80. The molecule has 1 aromatic rings. The maximum absolute atomic E-state index is 12.7. The molecular weight excluding hydrogens is 416 g/mol. The van der Waals surface area contributed by atoms with Gasteiger partial charge in [0.1, 0.15) is 5.75 Å². The molecule has 4 aliphatic rings. The molecule has 2 heterocycles. The number of sulfone groups is 1. The van der Waals surface area contributed by atoms with E-state index in [0.29, 0.717) is 43.7 Å². The number of amides is 1. The molecule has 0 bridgehead atoms. The van der Waals surface area contributed by atoms with Gasteiger partial charge in [-0.15, -0.1) is 0 Å². The number of rotatable bonds is 9. The van der Waals surface area contributed by atoms with Crippen LogP contribution in [0.2, 0.25) is 0 Å². The second-order valence-corrected chi connectivity index (χ2v) is 11.6. The Morgan fingerprint density at radius 3 is 2.45 bits per heavy atom. The number of ether oxygens (including phenoxy) is 2. The zero-order chi connectivity index (χ0) is 21.6. The van der Waals surface area contributed by atoms with Gasteiger partial charge in [-0.3, -0.25) is 9.69 Å². The lowest BCUT2D eigenvalue weighted by atomic mass is 9.88. The second kappa shape index (κ2) is 8.22. The fraction of sp³-hybridized carbons (Fsp3) is 0.609. The number of hydrogen-bond donors (Lipinski definition) is 0. The zero-order valence-electron chi connectivity index (χ0n) is 17.9. The van der Waals surface area contributed by atoms with Crippen LogP contribution in [0.1, 0.15) is 37.2 Å². The molecule has 0 radical (unpaired) electrons. The second-order valence-electron chi connectivity index (χ2n) is 9.30. The minimum Gasteiger partial charge on any atom is -0.452 e. The molecule has 0 N–H and O–H groups in total. The number of carbonyl (C=O) groups is 1. The fourth-order valence-electron chi connectivity index (χ4n) is 4.50. The minimum absolute atomic E-state index is 0.0397. The quantitative estimate of drug-likeness (QED) is 0.577. The van der Waals surface area contributed by atoms with Gasteiger partial charge in [0.2, 0.25) is 0 Å². The lowest BCUT2D eigenvalue weighted by molar-refractivity contribution is -0.135. The lowest BCUT2D eigenvalue weighted by Crippen LogP contribution is -2.55. The third-order valence-electron chi connectivity index (χ3n) is 6.90. The van der Waals surface area contributed by atoms with E-state index < -0.39 is 9.84 Å². The molecule has 2 aliphatic carbocycles. The van der Waals surface area contributed by atoms with Crippen molar-refractivity contribution in [2.45, 2.75) is 49.0 Å². The third kappa shape index (κ3) is 4.66. The van der Waals surface area contributed by atoms with E-state index in [0.717, 1.165) is 19.4 Å². The van der Waals surface area contributed by atoms with E-state index in [9.17, 15) is 13.2 Å². The van der Waals surface area contributed by atoms with Crippen LogP contribution < -0.4 is 4.74 Å². The molecule has 1 aromatic carbocycles. The molecule has 1 amide bonds. The molecule has 1 saturated heterocycles. The van der Waals surface area contributed by atoms with Crippen molar-refractivity contribution in [3.05, 3.63) is 41.7 Å². The van der Waals surface area contributed by atoms with Crippen LogP contribution in [0.4, 0.5) is 0 Å². The number of nitrogens with zero attached hydrogens (tertiary/aromatic N) is 2. The summed E-state index contributed by atoms with van der Waals surface area (Å²) in [5, 5.41) is -0.221. The summed E-state index contributed by atoms with van der Waals surface area (Å²) in [6.07, 6.45) is 7.57. The van der Waals surface area contributed by atoms with Gasteiger partial charge in [-0.25, -0.2) is 8.42 Å². The van der Waals surface area contributed by atoms with Crippen LogP contribution >= 0.6 is 0 Å². The van der Waals surface area contributed by atoms with Gasteiger partial charge in [0.25, 0.3) is 5.91 Å². The Balaban J connectivity index is 1.00. The number of benzene rings is 1. The maximum Gasteiger partial charge on any atom is 0.289 e. The van der Waals surface area contributed by atoms with Gasteiger partial charge in [-0.05, 0) is 55.4 Å². The highest BCUT2D eigenvalue weighted by Gasteiger charge is 2.40. The van der Waals surface area contributed by atoms with Crippen molar-refractivity contribution in [1.29, 1.82) is 0 Å². The molecule has 8 heteroatoms. The van der Waals surface area contributed by atoms with Crippen LogP contribution in [-0.4, -0.2) is 80.6 Å². The van der Waals surface area contributed by atoms with E-state index in [1.54, 1.807) is 0 Å². The summed E-state index contributed by atoms with van der Waals surface area (Å²) >= 11 is 0. The van der Waals surface area contributed by atoms with E-state index in [2.05, 4.69) is 17.0 Å². The first-order chi connectivity index (χ1) is 14.9. The van der Waals surface area contributed by atoms with Crippen molar-refractivity contribution in [3.63, 3.8) is 0 Å². The SMILES string of the molecule is CS(=O)(=O)C1CN(CCO[C@H]2C[C@@H](N3CC=C(Oc4ccc(C5CC5)cc4)C3=O)C2)C1. The molecular formula is C23H30N2O5S. The van der Waals surface area contributed by atoms with Crippen molar-refractivity contribution in [2.24, 2.45) is 0 Å². The largest absolute Gasteiger partial charge is 0.452 e. The van der Waals surface area contributed by atoms with Crippen LogP contribution in [0.5, 0.6) is 5.75 Å². The van der Waals surface area contributed by atoms with Gasteiger partial charge >= 0.3 is 0 Å². The Kier molecular flexibility index (Phi) is 5.56. The van der Waals surface area contributed by atoms with Crippen molar-refractivity contribution in [1.82, 2.24) is 9.80 Å². The van der Waals surface area contributed by atoms with E-state index in [-0.39, 0.29) is 23.3 Å². The Labute approximate surface area is 183 Å². The highest BCUT2D eigenvalue weighted by atomic mass is 32.2. The predicted octanol–water partition coefficient (Wildman–Crippen LogP) is 1.95. The number of carbonyl (C=O) groups excluding carboxylic acids is 1. The Bertz CT molecular complexity index is 958. The molecule has 0 aromatic heterocycles. The molecule has 168 valence electrons. The first-order valence-corrected chi connectivity index (χ1v) is 13.1. The Morgan fingerprint density at radius 2 is 1.81 bits per heavy atom. The smallest absolute Gasteiger partial charge is 0.289 e. The van der Waals surface area contributed by atoms with Gasteiger partial charge in [-0.1, -0.05) is 12.1 Å². The zero-order valence-corrected chi connectivity index (χ0v) is 18.7. The van der Waals surface area contributed by atoms with E-state index in [1.165, 1.54) is 24.7 Å². The summed E-state index contributed by atoms with van der Waals surface area (Å²) < 4.78 is 34.7. The summed E-state index contributed by atoms with van der Waals surface area (Å²) in [7, 11) is -2.92. The highest BCUT2D eigenvalue weighted by Crippen LogP contribution is 2.40. The van der Waals surface area contributed by atoms with Gasteiger partial charge < -0.3 is 14.4 Å². The van der Waals surface area contributed by atoms with Crippen LogP contribution in [0.3, 0.4) is 0 Å². The topological polar surface area (TPSA) is 76.2 Å². The van der Waals surface area contributed by atoms with Gasteiger partial charge in [0, 0.05) is 38.5 Å². The van der Waals surface area contributed by atoms with Crippen LogP contribution in [0.25, 0.3) is 0 Å². The first kappa shape index (κ1) is 21.0. The van der Waals surface area contributed by atoms with Gasteiger partial charge in [0.05, 0.1) is 18.0 Å². The van der Waals surface area contributed by atoms with E-state index >= 15 is 0 Å². The predicted molar refractivity (Wildman–Crippen MR) is 117 cm³/mol. The Morgan fingerprint density at radius 1 is 1.10 bits per heavy atom. The first-order valence-electron chi connectivity index (χ1n) is 11.2.